The number of halogens is 1. The van der Waals surface area contributed by atoms with Crippen LogP contribution in [0.2, 0.25) is 5.02 Å². The van der Waals surface area contributed by atoms with Gasteiger partial charge in [-0.3, -0.25) is 4.79 Å². The standard InChI is InChI=1S/C23H26ClN5O2/c1-14-15(2)27-31-22(14)18-13-25-23(28(3)4)26-21(18)19-9-6-10-29(19)20(30)12-16-7-5-8-17(24)11-16/h5,7-8,11,13,19H,6,9-10,12H2,1-4H3. The van der Waals surface area contributed by atoms with Crippen LogP contribution in [-0.2, 0) is 11.2 Å². The summed E-state index contributed by atoms with van der Waals surface area (Å²) in [5.41, 5.74) is 4.28. The first-order chi connectivity index (χ1) is 14.8. The highest BCUT2D eigenvalue weighted by atomic mass is 35.5. The molecular formula is C23H26ClN5O2. The summed E-state index contributed by atoms with van der Waals surface area (Å²) in [4.78, 5) is 26.4. The Balaban J connectivity index is 1.71. The van der Waals surface area contributed by atoms with E-state index in [1.807, 2.05) is 62.0 Å². The van der Waals surface area contributed by atoms with Crippen molar-refractivity contribution in [3.63, 3.8) is 0 Å². The van der Waals surface area contributed by atoms with Crippen molar-refractivity contribution in [3.8, 4) is 11.3 Å². The van der Waals surface area contributed by atoms with Gasteiger partial charge in [-0.25, -0.2) is 9.97 Å². The summed E-state index contributed by atoms with van der Waals surface area (Å²) in [7, 11) is 3.80. The lowest BCUT2D eigenvalue weighted by molar-refractivity contribution is -0.131. The maximum Gasteiger partial charge on any atom is 0.227 e. The zero-order valence-corrected chi connectivity index (χ0v) is 19.0. The van der Waals surface area contributed by atoms with E-state index >= 15 is 0 Å². The number of anilines is 1. The summed E-state index contributed by atoms with van der Waals surface area (Å²) >= 11 is 6.10. The van der Waals surface area contributed by atoms with Crippen LogP contribution in [0, 0.1) is 13.8 Å². The fraction of sp³-hybridized carbons (Fsp3) is 0.391. The number of carbonyl (C=O) groups is 1. The molecule has 1 aromatic carbocycles. The average molecular weight is 440 g/mol. The zero-order valence-electron chi connectivity index (χ0n) is 18.2. The van der Waals surface area contributed by atoms with E-state index in [0.717, 1.165) is 40.9 Å². The minimum atomic E-state index is -0.145. The van der Waals surface area contributed by atoms with E-state index in [1.165, 1.54) is 0 Å². The molecule has 0 spiro atoms. The second-order valence-corrected chi connectivity index (χ2v) is 8.57. The van der Waals surface area contributed by atoms with Gasteiger partial charge in [-0.1, -0.05) is 28.9 Å². The normalized spacial score (nSPS) is 16.0. The molecule has 2 aromatic heterocycles. The van der Waals surface area contributed by atoms with Crippen LogP contribution in [0.3, 0.4) is 0 Å². The van der Waals surface area contributed by atoms with E-state index < -0.39 is 0 Å². The number of hydrogen-bond acceptors (Lipinski definition) is 6. The van der Waals surface area contributed by atoms with Gasteiger partial charge < -0.3 is 14.3 Å². The quantitative estimate of drug-likeness (QED) is 0.587. The van der Waals surface area contributed by atoms with Crippen molar-refractivity contribution in [1.29, 1.82) is 0 Å². The van der Waals surface area contributed by atoms with Crippen molar-refractivity contribution in [1.82, 2.24) is 20.0 Å². The summed E-state index contributed by atoms with van der Waals surface area (Å²) in [5.74, 6) is 1.32. The van der Waals surface area contributed by atoms with Crippen molar-refractivity contribution < 1.29 is 9.32 Å². The molecule has 0 aliphatic carbocycles. The Labute approximate surface area is 187 Å². The lowest BCUT2D eigenvalue weighted by atomic mass is 10.0. The number of aromatic nitrogens is 3. The second-order valence-electron chi connectivity index (χ2n) is 8.14. The fourth-order valence-corrected chi connectivity index (χ4v) is 4.18. The maximum absolute atomic E-state index is 13.2. The van der Waals surface area contributed by atoms with E-state index in [0.29, 0.717) is 29.7 Å². The minimum Gasteiger partial charge on any atom is -0.356 e. The molecule has 162 valence electrons. The number of benzene rings is 1. The number of nitrogens with zero attached hydrogens (tertiary/aromatic N) is 5. The van der Waals surface area contributed by atoms with Gasteiger partial charge in [-0.05, 0) is 44.4 Å². The van der Waals surface area contributed by atoms with Crippen molar-refractivity contribution in [3.05, 3.63) is 58.0 Å². The summed E-state index contributed by atoms with van der Waals surface area (Å²) in [6.45, 7) is 4.58. The monoisotopic (exact) mass is 439 g/mol. The number of likely N-dealkylation sites (tertiary alicyclic amines) is 1. The Morgan fingerprint density at radius 1 is 1.32 bits per heavy atom. The van der Waals surface area contributed by atoms with Crippen LogP contribution in [0.5, 0.6) is 0 Å². The van der Waals surface area contributed by atoms with Gasteiger partial charge in [0, 0.05) is 37.4 Å². The van der Waals surface area contributed by atoms with E-state index in [4.69, 9.17) is 21.1 Å². The topological polar surface area (TPSA) is 75.4 Å². The number of aryl methyl sites for hydroxylation is 1. The van der Waals surface area contributed by atoms with Gasteiger partial charge in [0.15, 0.2) is 5.76 Å². The SMILES string of the molecule is Cc1noc(-c2cnc(N(C)C)nc2C2CCCN2C(=O)Cc2cccc(Cl)c2)c1C. The van der Waals surface area contributed by atoms with Crippen LogP contribution < -0.4 is 4.90 Å². The predicted molar refractivity (Wildman–Crippen MR) is 120 cm³/mol. The van der Waals surface area contributed by atoms with E-state index in [9.17, 15) is 4.79 Å². The number of rotatable bonds is 5. The molecule has 1 amide bonds. The highest BCUT2D eigenvalue weighted by Gasteiger charge is 2.34. The van der Waals surface area contributed by atoms with Gasteiger partial charge in [0.2, 0.25) is 11.9 Å². The van der Waals surface area contributed by atoms with E-state index in [1.54, 1.807) is 6.20 Å². The Bertz CT molecular complexity index is 1110. The third kappa shape index (κ3) is 4.28. The van der Waals surface area contributed by atoms with Gasteiger partial charge in [0.1, 0.15) is 0 Å². The molecule has 3 aromatic rings. The molecule has 4 rings (SSSR count). The smallest absolute Gasteiger partial charge is 0.227 e. The minimum absolute atomic E-state index is 0.0613. The third-order valence-corrected chi connectivity index (χ3v) is 5.98. The predicted octanol–water partition coefficient (Wildman–Crippen LogP) is 4.37. The summed E-state index contributed by atoms with van der Waals surface area (Å²) in [6.07, 6.45) is 3.84. The fourth-order valence-electron chi connectivity index (χ4n) is 3.97. The lowest BCUT2D eigenvalue weighted by Gasteiger charge is -2.26. The summed E-state index contributed by atoms with van der Waals surface area (Å²) < 4.78 is 5.62. The molecule has 1 saturated heterocycles. The molecular weight excluding hydrogens is 414 g/mol. The third-order valence-electron chi connectivity index (χ3n) is 5.74. The molecule has 31 heavy (non-hydrogen) atoms. The number of carbonyl (C=O) groups excluding carboxylic acids is 1. The zero-order chi connectivity index (χ0) is 22.1. The van der Waals surface area contributed by atoms with Crippen LogP contribution in [-0.4, -0.2) is 46.6 Å². The molecule has 7 nitrogen and oxygen atoms in total. The maximum atomic E-state index is 13.2. The van der Waals surface area contributed by atoms with E-state index in [-0.39, 0.29) is 11.9 Å². The van der Waals surface area contributed by atoms with Gasteiger partial charge in [0.25, 0.3) is 0 Å². The van der Waals surface area contributed by atoms with Gasteiger partial charge in [0.05, 0.1) is 29.4 Å². The van der Waals surface area contributed by atoms with Crippen LogP contribution in [0.25, 0.3) is 11.3 Å². The molecule has 0 saturated carbocycles. The first kappa shape index (κ1) is 21.3. The van der Waals surface area contributed by atoms with E-state index in [2.05, 4.69) is 10.1 Å². The van der Waals surface area contributed by atoms with Crippen LogP contribution in [0.15, 0.2) is 35.0 Å². The molecule has 1 aliphatic rings. The molecule has 1 fully saturated rings. The van der Waals surface area contributed by atoms with Crippen molar-refractivity contribution in [2.24, 2.45) is 0 Å². The number of hydrogen-bond donors (Lipinski definition) is 0. The Morgan fingerprint density at radius 3 is 2.81 bits per heavy atom. The Hall–Kier alpha value is -2.93. The molecule has 8 heteroatoms. The molecule has 1 unspecified atom stereocenters. The average Bonchev–Trinajstić information content (AvgIpc) is 3.35. The Kier molecular flexibility index (Phi) is 5.96. The van der Waals surface area contributed by atoms with Crippen molar-refractivity contribution in [2.45, 2.75) is 39.2 Å². The molecule has 3 heterocycles. The van der Waals surface area contributed by atoms with Gasteiger partial charge in [-0.15, -0.1) is 0 Å². The van der Waals surface area contributed by atoms with Gasteiger partial charge >= 0.3 is 0 Å². The summed E-state index contributed by atoms with van der Waals surface area (Å²) in [5, 5.41) is 4.73. The first-order valence-electron chi connectivity index (χ1n) is 10.4. The highest BCUT2D eigenvalue weighted by Crippen LogP contribution is 2.38. The largest absolute Gasteiger partial charge is 0.356 e. The molecule has 0 N–H and O–H groups in total. The molecule has 1 atom stereocenters. The second kappa shape index (κ2) is 8.67. The van der Waals surface area contributed by atoms with Crippen LogP contribution >= 0.6 is 11.6 Å². The summed E-state index contributed by atoms with van der Waals surface area (Å²) in [6, 6.07) is 7.30. The molecule has 1 aliphatic heterocycles. The Morgan fingerprint density at radius 2 is 2.13 bits per heavy atom. The first-order valence-corrected chi connectivity index (χ1v) is 10.7. The number of amides is 1. The van der Waals surface area contributed by atoms with Crippen LogP contribution in [0.1, 0.15) is 41.4 Å². The van der Waals surface area contributed by atoms with Gasteiger partial charge in [-0.2, -0.15) is 0 Å². The molecule has 0 bridgehead atoms. The van der Waals surface area contributed by atoms with Crippen LogP contribution in [0.4, 0.5) is 5.95 Å². The highest BCUT2D eigenvalue weighted by molar-refractivity contribution is 6.30. The van der Waals surface area contributed by atoms with Crippen molar-refractivity contribution >= 4 is 23.5 Å². The lowest BCUT2D eigenvalue weighted by Crippen LogP contribution is -2.32. The van der Waals surface area contributed by atoms with Crippen molar-refractivity contribution in [2.75, 3.05) is 25.5 Å². The molecule has 0 radical (unpaired) electrons.